The minimum absolute atomic E-state index is 0.159. The summed E-state index contributed by atoms with van der Waals surface area (Å²) >= 11 is 6.17. The molecule has 0 bridgehead atoms. The molecule has 1 amide bonds. The van der Waals surface area contributed by atoms with Crippen LogP contribution in [0, 0.1) is 39.9 Å². The molecular weight excluding hydrogens is 466 g/mol. The van der Waals surface area contributed by atoms with Crippen molar-refractivity contribution in [3.05, 3.63) is 46.6 Å². The topological polar surface area (TPSA) is 108 Å². The molecule has 9 heteroatoms. The maximum Gasteiger partial charge on any atom is 0.272 e. The second kappa shape index (κ2) is 8.20. The molecule has 182 valence electrons. The Balaban J connectivity index is 1.23. The van der Waals surface area contributed by atoms with Gasteiger partial charge in [0.05, 0.1) is 10.6 Å². The predicted molar refractivity (Wildman–Crippen MR) is 130 cm³/mol. The summed E-state index contributed by atoms with van der Waals surface area (Å²) in [6.07, 6.45) is 0.874. The van der Waals surface area contributed by atoms with E-state index < -0.39 is 0 Å². The first-order valence-electron chi connectivity index (χ1n) is 11.8. The first-order valence-corrected chi connectivity index (χ1v) is 12.2. The van der Waals surface area contributed by atoms with Gasteiger partial charge in [0.25, 0.3) is 5.91 Å². The van der Waals surface area contributed by atoms with Gasteiger partial charge in [0.1, 0.15) is 24.2 Å². The van der Waals surface area contributed by atoms with Crippen LogP contribution in [0.2, 0.25) is 5.02 Å². The van der Waals surface area contributed by atoms with Crippen molar-refractivity contribution < 1.29 is 14.3 Å². The van der Waals surface area contributed by atoms with Gasteiger partial charge in [0, 0.05) is 41.9 Å². The van der Waals surface area contributed by atoms with Crippen LogP contribution in [-0.2, 0) is 4.79 Å². The van der Waals surface area contributed by atoms with Crippen molar-refractivity contribution in [2.75, 3.05) is 18.0 Å². The number of hydrogen-bond acceptors (Lipinski definition) is 7. The molecule has 0 radical (unpaired) electrons. The highest BCUT2D eigenvalue weighted by Gasteiger charge is 2.64. The Morgan fingerprint density at radius 1 is 1.17 bits per heavy atom. The number of aldehydes is 1. The van der Waals surface area contributed by atoms with Crippen LogP contribution in [0.3, 0.4) is 0 Å². The molecule has 1 aromatic carbocycles. The normalized spacial score (nSPS) is 29.4. The molecule has 35 heavy (non-hydrogen) atoms. The smallest absolute Gasteiger partial charge is 0.272 e. The van der Waals surface area contributed by atoms with Gasteiger partial charge in [-0.2, -0.15) is 5.26 Å². The Morgan fingerprint density at radius 2 is 1.86 bits per heavy atom. The van der Waals surface area contributed by atoms with Gasteiger partial charge >= 0.3 is 0 Å². The summed E-state index contributed by atoms with van der Waals surface area (Å²) in [5, 5.41) is 21.0. The second-order valence-electron chi connectivity index (χ2n) is 11.0. The molecule has 5 rings (SSSR count). The average Bonchev–Trinajstić information content (AvgIpc) is 3.30. The van der Waals surface area contributed by atoms with Gasteiger partial charge in [-0.25, -0.2) is 0 Å². The third kappa shape index (κ3) is 3.82. The van der Waals surface area contributed by atoms with E-state index in [2.05, 4.69) is 48.1 Å². The first kappa shape index (κ1) is 23.6. The van der Waals surface area contributed by atoms with Crippen molar-refractivity contribution in [2.24, 2.45) is 28.6 Å². The van der Waals surface area contributed by atoms with Crippen LogP contribution in [0.5, 0.6) is 5.75 Å². The number of halogens is 1. The molecule has 0 spiro atoms. The Bertz CT molecular complexity index is 1190. The van der Waals surface area contributed by atoms with E-state index in [1.807, 2.05) is 12.1 Å². The van der Waals surface area contributed by atoms with Gasteiger partial charge in [0.2, 0.25) is 0 Å². The summed E-state index contributed by atoms with van der Waals surface area (Å²) in [7, 11) is 0. The molecule has 1 unspecified atom stereocenters. The number of ether oxygens (including phenoxy) is 1. The lowest BCUT2D eigenvalue weighted by Gasteiger charge is -2.63. The van der Waals surface area contributed by atoms with E-state index >= 15 is 0 Å². The molecule has 2 heterocycles. The number of nitrogens with one attached hydrogen (secondary N) is 1. The van der Waals surface area contributed by atoms with E-state index in [1.165, 1.54) is 0 Å². The fourth-order valence-electron chi connectivity index (χ4n) is 6.38. The number of piperidine rings is 1. The molecule has 1 N–H and O–H groups in total. The fourth-order valence-corrected chi connectivity index (χ4v) is 6.59. The van der Waals surface area contributed by atoms with Gasteiger partial charge < -0.3 is 19.7 Å². The van der Waals surface area contributed by atoms with E-state index in [0.717, 1.165) is 25.2 Å². The number of carbonyl (C=O) groups is 2. The third-order valence-corrected chi connectivity index (χ3v) is 8.37. The molecule has 2 saturated carbocycles. The molecule has 3 fully saturated rings. The van der Waals surface area contributed by atoms with Crippen LogP contribution < -0.4 is 15.0 Å². The maximum atomic E-state index is 13.0. The van der Waals surface area contributed by atoms with Crippen molar-refractivity contribution in [2.45, 2.75) is 39.8 Å². The zero-order valence-electron chi connectivity index (χ0n) is 20.2. The Labute approximate surface area is 209 Å². The van der Waals surface area contributed by atoms with E-state index in [1.54, 1.807) is 24.3 Å². The highest BCUT2D eigenvalue weighted by molar-refractivity contribution is 6.31. The summed E-state index contributed by atoms with van der Waals surface area (Å²) in [5.41, 5.74) is -0.0640. The summed E-state index contributed by atoms with van der Waals surface area (Å²) in [6, 6.07) is 10.4. The quantitative estimate of drug-likeness (QED) is 0.613. The summed E-state index contributed by atoms with van der Waals surface area (Å²) in [5.74, 6) is 2.09. The van der Waals surface area contributed by atoms with Crippen LogP contribution in [0.4, 0.5) is 5.82 Å². The molecule has 3 atom stereocenters. The summed E-state index contributed by atoms with van der Waals surface area (Å²) in [6.45, 7) is 9.84. The Hall–Kier alpha value is -3.18. The van der Waals surface area contributed by atoms with Gasteiger partial charge in [-0.3, -0.25) is 4.79 Å². The summed E-state index contributed by atoms with van der Waals surface area (Å²) < 4.78 is 6.28. The minimum atomic E-state index is -0.362. The minimum Gasteiger partial charge on any atom is -0.489 e. The van der Waals surface area contributed by atoms with Crippen LogP contribution >= 0.6 is 11.6 Å². The van der Waals surface area contributed by atoms with Crippen molar-refractivity contribution in [3.63, 3.8) is 0 Å². The van der Waals surface area contributed by atoms with Gasteiger partial charge in [-0.15, -0.1) is 10.2 Å². The molecular formula is C26H28ClN5O3. The molecule has 8 nitrogen and oxygen atoms in total. The zero-order valence-corrected chi connectivity index (χ0v) is 20.9. The highest BCUT2D eigenvalue weighted by Crippen LogP contribution is 2.55. The first-order chi connectivity index (χ1) is 16.6. The van der Waals surface area contributed by atoms with Crippen LogP contribution in [0.15, 0.2) is 30.3 Å². The molecule has 2 aliphatic carbocycles. The molecule has 1 saturated heterocycles. The SMILES string of the molecule is CC1(C)C(NC(=O)c2ccc(N3C[C@@H]4C(C=O)[C@@H]4C3)nn2)C(C)(C)C1Oc1ccc(C#N)c(Cl)c1. The van der Waals surface area contributed by atoms with E-state index in [-0.39, 0.29) is 40.5 Å². The van der Waals surface area contributed by atoms with Crippen LogP contribution in [0.25, 0.3) is 0 Å². The molecule has 1 aliphatic heterocycles. The average molecular weight is 494 g/mol. The lowest BCUT2D eigenvalue weighted by Crippen LogP contribution is -2.74. The van der Waals surface area contributed by atoms with Crippen molar-refractivity contribution >= 4 is 29.6 Å². The van der Waals surface area contributed by atoms with Gasteiger partial charge in [0.15, 0.2) is 11.5 Å². The van der Waals surface area contributed by atoms with Gasteiger partial charge in [-0.05, 0) is 36.1 Å². The predicted octanol–water partition coefficient (Wildman–Crippen LogP) is 3.49. The number of hydrogen-bond donors (Lipinski definition) is 1. The van der Waals surface area contributed by atoms with Crippen molar-refractivity contribution in [1.29, 1.82) is 5.26 Å². The number of anilines is 1. The monoisotopic (exact) mass is 493 g/mol. The number of aromatic nitrogens is 2. The maximum absolute atomic E-state index is 13.0. The number of amides is 1. The Kier molecular flexibility index (Phi) is 5.52. The van der Waals surface area contributed by atoms with Crippen molar-refractivity contribution in [3.8, 4) is 11.8 Å². The van der Waals surface area contributed by atoms with Crippen molar-refractivity contribution in [1.82, 2.24) is 15.5 Å². The van der Waals surface area contributed by atoms with Crippen LogP contribution in [0.1, 0.15) is 43.7 Å². The van der Waals surface area contributed by atoms with Gasteiger partial charge in [-0.1, -0.05) is 39.3 Å². The zero-order chi connectivity index (χ0) is 25.1. The molecule has 1 aromatic heterocycles. The number of benzene rings is 1. The molecule has 3 aliphatic rings. The summed E-state index contributed by atoms with van der Waals surface area (Å²) in [4.78, 5) is 26.1. The number of fused-ring (bicyclic) bond motifs is 1. The standard InChI is InChI=1S/C26H28ClN5O3/c1-25(2)23(26(3,4)24(25)35-15-6-5-14(10-28)19(27)9-15)29-22(34)20-7-8-21(31-30-20)32-11-16-17(12-32)18(16)13-33/h5-9,13,16-18,23-24H,11-12H2,1-4H3,(H,29,34)/t16-,17+,18?,23?,24?. The van der Waals surface area contributed by atoms with E-state index in [9.17, 15) is 9.59 Å². The third-order valence-electron chi connectivity index (χ3n) is 8.05. The fraction of sp³-hybridized carbons (Fsp3) is 0.500. The second-order valence-corrected chi connectivity index (χ2v) is 11.4. The number of nitrogens with zero attached hydrogens (tertiary/aromatic N) is 4. The Morgan fingerprint density at radius 3 is 2.40 bits per heavy atom. The molecule has 2 aromatic rings. The number of rotatable bonds is 6. The highest BCUT2D eigenvalue weighted by atomic mass is 35.5. The largest absolute Gasteiger partial charge is 0.489 e. The lowest BCUT2D eigenvalue weighted by atomic mass is 9.49. The number of nitriles is 1. The van der Waals surface area contributed by atoms with E-state index in [0.29, 0.717) is 28.2 Å². The van der Waals surface area contributed by atoms with E-state index in [4.69, 9.17) is 21.6 Å². The number of carbonyl (C=O) groups excluding carboxylic acids is 2. The van der Waals surface area contributed by atoms with Crippen LogP contribution in [-0.4, -0.2) is 47.6 Å². The lowest BCUT2D eigenvalue weighted by molar-refractivity contribution is -0.164.